The number of aromatic nitrogens is 1. The molecule has 0 spiro atoms. The Balaban J connectivity index is 2.23. The molecule has 0 saturated heterocycles. The van der Waals surface area contributed by atoms with Crippen molar-refractivity contribution in [3.05, 3.63) is 36.2 Å². The molecule has 0 aliphatic carbocycles. The Morgan fingerprint density at radius 2 is 2.33 bits per heavy atom. The van der Waals surface area contributed by atoms with Crippen LogP contribution in [0.5, 0.6) is 0 Å². The quantitative estimate of drug-likeness (QED) is 0.625. The van der Waals surface area contributed by atoms with Crippen LogP contribution in [0, 0.1) is 6.92 Å². The van der Waals surface area contributed by atoms with Crippen LogP contribution in [0.25, 0.3) is 0 Å². The first kappa shape index (κ1) is 7.35. The van der Waals surface area contributed by atoms with Gasteiger partial charge < -0.3 is 4.90 Å². The van der Waals surface area contributed by atoms with Gasteiger partial charge in [0, 0.05) is 18.9 Å². The second-order valence-corrected chi connectivity index (χ2v) is 3.06. The third-order valence-corrected chi connectivity index (χ3v) is 2.01. The number of aryl methyl sites for hydroxylation is 1. The molecule has 2 rings (SSSR count). The van der Waals surface area contributed by atoms with Gasteiger partial charge in [0.1, 0.15) is 5.82 Å². The van der Waals surface area contributed by atoms with E-state index >= 15 is 0 Å². The van der Waals surface area contributed by atoms with Gasteiger partial charge in [-0.05, 0) is 25.0 Å². The number of pyridine rings is 1. The van der Waals surface area contributed by atoms with Gasteiger partial charge in [0.05, 0.1) is 0 Å². The van der Waals surface area contributed by atoms with Crippen molar-refractivity contribution in [3.63, 3.8) is 0 Å². The zero-order valence-electron chi connectivity index (χ0n) is 7.20. The van der Waals surface area contributed by atoms with Crippen molar-refractivity contribution >= 4 is 5.82 Å². The number of hydrogen-bond donors (Lipinski definition) is 0. The Hall–Kier alpha value is -1.31. The van der Waals surface area contributed by atoms with E-state index < -0.39 is 0 Å². The maximum Gasteiger partial charge on any atom is 0.132 e. The molecule has 12 heavy (non-hydrogen) atoms. The van der Waals surface area contributed by atoms with E-state index in [-0.39, 0.29) is 0 Å². The van der Waals surface area contributed by atoms with Crippen LogP contribution in [0.4, 0.5) is 5.82 Å². The van der Waals surface area contributed by atoms with Crippen molar-refractivity contribution in [2.24, 2.45) is 0 Å². The molecule has 62 valence electrons. The highest BCUT2D eigenvalue weighted by molar-refractivity contribution is 5.44. The van der Waals surface area contributed by atoms with Gasteiger partial charge in [-0.15, -0.1) is 0 Å². The largest absolute Gasteiger partial charge is 0.333 e. The first-order valence-corrected chi connectivity index (χ1v) is 4.22. The zero-order chi connectivity index (χ0) is 8.39. The van der Waals surface area contributed by atoms with Crippen LogP contribution in [0.1, 0.15) is 12.0 Å². The maximum absolute atomic E-state index is 4.33. The van der Waals surface area contributed by atoms with E-state index in [1.165, 1.54) is 5.56 Å². The summed E-state index contributed by atoms with van der Waals surface area (Å²) >= 11 is 0. The molecular formula is C10H12N2. The molecule has 2 nitrogen and oxygen atoms in total. The van der Waals surface area contributed by atoms with Crippen LogP contribution in [-0.2, 0) is 0 Å². The minimum absolute atomic E-state index is 1.05. The van der Waals surface area contributed by atoms with E-state index in [9.17, 15) is 0 Å². The molecule has 0 amide bonds. The molecule has 0 bridgehead atoms. The average molecular weight is 160 g/mol. The molecule has 1 aromatic heterocycles. The molecular weight excluding hydrogens is 148 g/mol. The smallest absolute Gasteiger partial charge is 0.132 e. The van der Waals surface area contributed by atoms with Crippen LogP contribution in [-0.4, -0.2) is 11.5 Å². The second-order valence-electron chi connectivity index (χ2n) is 3.06. The van der Waals surface area contributed by atoms with Crippen molar-refractivity contribution < 1.29 is 0 Å². The third-order valence-electron chi connectivity index (χ3n) is 2.01. The predicted molar refractivity (Wildman–Crippen MR) is 50.1 cm³/mol. The summed E-state index contributed by atoms with van der Waals surface area (Å²) in [5.41, 5.74) is 1.21. The third kappa shape index (κ3) is 1.33. The highest BCUT2D eigenvalue weighted by atomic mass is 15.2. The Bertz CT molecular complexity index is 287. The minimum Gasteiger partial charge on any atom is -0.333 e. The van der Waals surface area contributed by atoms with Gasteiger partial charge >= 0.3 is 0 Å². The lowest BCUT2D eigenvalue weighted by atomic mass is 10.3. The molecule has 2 heteroatoms. The summed E-state index contributed by atoms with van der Waals surface area (Å²) in [6, 6.07) is 4.15. The fourth-order valence-electron chi connectivity index (χ4n) is 1.31. The molecule has 0 fully saturated rings. The first-order valence-electron chi connectivity index (χ1n) is 4.22. The Labute approximate surface area is 72.5 Å². The minimum atomic E-state index is 1.05. The lowest BCUT2D eigenvalue weighted by Gasteiger charge is -2.13. The zero-order valence-corrected chi connectivity index (χ0v) is 7.20. The first-order chi connectivity index (χ1) is 5.86. The topological polar surface area (TPSA) is 16.1 Å². The van der Waals surface area contributed by atoms with E-state index in [4.69, 9.17) is 0 Å². The summed E-state index contributed by atoms with van der Waals surface area (Å²) in [6.45, 7) is 3.12. The summed E-state index contributed by atoms with van der Waals surface area (Å²) in [5.74, 6) is 1.05. The lowest BCUT2D eigenvalue weighted by molar-refractivity contribution is 0.970. The number of hydrogen-bond acceptors (Lipinski definition) is 2. The normalized spacial score (nSPS) is 15.6. The van der Waals surface area contributed by atoms with Crippen LogP contribution < -0.4 is 4.90 Å². The highest BCUT2D eigenvalue weighted by Gasteiger charge is 2.06. The Morgan fingerprint density at radius 1 is 1.42 bits per heavy atom. The number of nitrogens with zero attached hydrogens (tertiary/aromatic N) is 2. The maximum atomic E-state index is 4.33. The molecule has 0 aromatic carbocycles. The van der Waals surface area contributed by atoms with Crippen molar-refractivity contribution in [3.8, 4) is 0 Å². The predicted octanol–water partition coefficient (Wildman–Crippen LogP) is 2.11. The van der Waals surface area contributed by atoms with E-state index in [2.05, 4.69) is 41.2 Å². The molecule has 1 aliphatic rings. The van der Waals surface area contributed by atoms with Crippen LogP contribution in [0.3, 0.4) is 0 Å². The van der Waals surface area contributed by atoms with Crippen LogP contribution in [0.15, 0.2) is 30.6 Å². The molecule has 0 saturated carbocycles. The Morgan fingerprint density at radius 3 is 2.92 bits per heavy atom. The van der Waals surface area contributed by atoms with Gasteiger partial charge in [-0.3, -0.25) is 0 Å². The summed E-state index contributed by atoms with van der Waals surface area (Å²) < 4.78 is 0. The van der Waals surface area contributed by atoms with Gasteiger partial charge in [-0.1, -0.05) is 12.1 Å². The molecule has 1 aliphatic heterocycles. The second kappa shape index (κ2) is 2.97. The van der Waals surface area contributed by atoms with Gasteiger partial charge in [0.25, 0.3) is 0 Å². The number of rotatable bonds is 1. The van der Waals surface area contributed by atoms with Crippen molar-refractivity contribution in [2.45, 2.75) is 13.3 Å². The van der Waals surface area contributed by atoms with Gasteiger partial charge in [0.2, 0.25) is 0 Å². The summed E-state index contributed by atoms with van der Waals surface area (Å²) in [7, 11) is 0. The number of anilines is 1. The van der Waals surface area contributed by atoms with E-state index in [1.54, 1.807) is 0 Å². The lowest BCUT2D eigenvalue weighted by Crippen LogP contribution is -2.13. The fraction of sp³-hybridized carbons (Fsp3) is 0.300. The highest BCUT2D eigenvalue weighted by Crippen LogP contribution is 2.15. The summed E-state index contributed by atoms with van der Waals surface area (Å²) in [5, 5.41) is 0. The molecule has 0 unspecified atom stereocenters. The molecule has 0 N–H and O–H groups in total. The molecule has 2 heterocycles. The average Bonchev–Trinajstić information content (AvgIpc) is 2.58. The van der Waals surface area contributed by atoms with Crippen molar-refractivity contribution in [1.82, 2.24) is 4.98 Å². The van der Waals surface area contributed by atoms with Crippen LogP contribution in [0.2, 0.25) is 0 Å². The van der Waals surface area contributed by atoms with Gasteiger partial charge in [-0.25, -0.2) is 4.98 Å². The Kier molecular flexibility index (Phi) is 1.82. The molecule has 0 atom stereocenters. The SMILES string of the molecule is Cc1ccc(N2C=CCC2)nc1. The van der Waals surface area contributed by atoms with Crippen molar-refractivity contribution in [2.75, 3.05) is 11.4 Å². The van der Waals surface area contributed by atoms with Gasteiger partial charge in [0.15, 0.2) is 0 Å². The molecule has 0 radical (unpaired) electrons. The van der Waals surface area contributed by atoms with E-state index in [0.29, 0.717) is 0 Å². The fourth-order valence-corrected chi connectivity index (χ4v) is 1.31. The van der Waals surface area contributed by atoms with Crippen molar-refractivity contribution in [1.29, 1.82) is 0 Å². The monoisotopic (exact) mass is 160 g/mol. The van der Waals surface area contributed by atoms with Gasteiger partial charge in [-0.2, -0.15) is 0 Å². The standard InChI is InChI=1S/C10H12N2/c1-9-4-5-10(11-8-9)12-6-2-3-7-12/h2,4-6,8H,3,7H2,1H3. The van der Waals surface area contributed by atoms with E-state index in [1.807, 2.05) is 6.20 Å². The van der Waals surface area contributed by atoms with Crippen LogP contribution >= 0.6 is 0 Å². The molecule has 1 aromatic rings. The summed E-state index contributed by atoms with van der Waals surface area (Å²) in [6.07, 6.45) is 7.30. The van der Waals surface area contributed by atoms with E-state index in [0.717, 1.165) is 18.8 Å². The summed E-state index contributed by atoms with van der Waals surface area (Å²) in [4.78, 5) is 6.50.